The van der Waals surface area contributed by atoms with Crippen LogP contribution in [0.1, 0.15) is 5.56 Å². The summed E-state index contributed by atoms with van der Waals surface area (Å²) >= 11 is 0. The molecule has 0 aliphatic rings. The zero-order chi connectivity index (χ0) is 12.0. The Kier molecular flexibility index (Phi) is 4.30. The van der Waals surface area contributed by atoms with E-state index in [1.165, 1.54) is 0 Å². The first kappa shape index (κ1) is 12.0. The summed E-state index contributed by atoms with van der Waals surface area (Å²) in [4.78, 5) is 12.5. The summed E-state index contributed by atoms with van der Waals surface area (Å²) in [5, 5.41) is 8.61. The highest BCUT2D eigenvalue weighted by atomic mass is 16.1. The molecule has 0 saturated heterocycles. The molecule has 5 nitrogen and oxygen atoms in total. The van der Waals surface area contributed by atoms with E-state index in [1.807, 2.05) is 24.3 Å². The summed E-state index contributed by atoms with van der Waals surface area (Å²) in [5.74, 6) is -0.445. The second kappa shape index (κ2) is 5.73. The van der Waals surface area contributed by atoms with E-state index in [2.05, 4.69) is 0 Å². The van der Waals surface area contributed by atoms with Crippen molar-refractivity contribution in [2.75, 3.05) is 18.8 Å². The zero-order valence-electron chi connectivity index (χ0n) is 8.89. The van der Waals surface area contributed by atoms with E-state index >= 15 is 0 Å². The Labute approximate surface area is 94.2 Å². The number of nitrogens with zero attached hydrogens (tertiary/aromatic N) is 2. The molecular weight excluding hydrogens is 204 g/mol. The van der Waals surface area contributed by atoms with Gasteiger partial charge in [0, 0.05) is 12.2 Å². The third-order valence-electron chi connectivity index (χ3n) is 2.03. The van der Waals surface area contributed by atoms with Crippen LogP contribution in [-0.2, 0) is 11.3 Å². The van der Waals surface area contributed by atoms with Gasteiger partial charge >= 0.3 is 0 Å². The van der Waals surface area contributed by atoms with Crippen LogP contribution in [0.2, 0.25) is 0 Å². The van der Waals surface area contributed by atoms with Gasteiger partial charge in [0.15, 0.2) is 0 Å². The number of carbonyl (C=O) groups is 1. The molecule has 0 aliphatic heterocycles. The molecule has 0 radical (unpaired) electrons. The van der Waals surface area contributed by atoms with Gasteiger partial charge in [-0.2, -0.15) is 5.26 Å². The molecule has 0 saturated carbocycles. The van der Waals surface area contributed by atoms with Crippen LogP contribution in [-0.4, -0.2) is 23.9 Å². The average molecular weight is 218 g/mol. The van der Waals surface area contributed by atoms with Gasteiger partial charge in [-0.1, -0.05) is 12.1 Å². The fourth-order valence-electron chi connectivity index (χ4n) is 1.44. The molecule has 16 heavy (non-hydrogen) atoms. The SMILES string of the molecule is N#CCN(CC(N)=O)Cc1cccc(N)c1. The quantitative estimate of drug-likeness (QED) is 0.540. The second-order valence-corrected chi connectivity index (χ2v) is 3.51. The van der Waals surface area contributed by atoms with Crippen LogP contribution in [0.4, 0.5) is 5.69 Å². The number of nitriles is 1. The topological polar surface area (TPSA) is 96.1 Å². The van der Waals surface area contributed by atoms with E-state index in [-0.39, 0.29) is 13.1 Å². The summed E-state index contributed by atoms with van der Waals surface area (Å²) < 4.78 is 0. The lowest BCUT2D eigenvalue weighted by Crippen LogP contribution is -2.33. The fourth-order valence-corrected chi connectivity index (χ4v) is 1.44. The van der Waals surface area contributed by atoms with Crippen LogP contribution in [0.5, 0.6) is 0 Å². The number of primary amides is 1. The molecular formula is C11H14N4O. The van der Waals surface area contributed by atoms with Crippen molar-refractivity contribution in [1.29, 1.82) is 5.26 Å². The Morgan fingerprint density at radius 2 is 2.25 bits per heavy atom. The number of carbonyl (C=O) groups excluding carboxylic acids is 1. The van der Waals surface area contributed by atoms with Gasteiger partial charge in [-0.15, -0.1) is 0 Å². The van der Waals surface area contributed by atoms with Crippen LogP contribution >= 0.6 is 0 Å². The van der Waals surface area contributed by atoms with E-state index < -0.39 is 5.91 Å². The number of nitrogen functional groups attached to an aromatic ring is 1. The number of nitrogens with two attached hydrogens (primary N) is 2. The zero-order valence-corrected chi connectivity index (χ0v) is 8.89. The van der Waals surface area contributed by atoms with Crippen molar-refractivity contribution < 1.29 is 4.79 Å². The van der Waals surface area contributed by atoms with Crippen molar-refractivity contribution in [2.24, 2.45) is 5.73 Å². The fraction of sp³-hybridized carbons (Fsp3) is 0.273. The Hall–Kier alpha value is -2.06. The Morgan fingerprint density at radius 1 is 1.50 bits per heavy atom. The minimum absolute atomic E-state index is 0.0718. The number of hydrogen-bond donors (Lipinski definition) is 2. The third-order valence-corrected chi connectivity index (χ3v) is 2.03. The molecule has 1 amide bonds. The van der Waals surface area contributed by atoms with E-state index in [0.717, 1.165) is 5.56 Å². The van der Waals surface area contributed by atoms with Gasteiger partial charge in [0.2, 0.25) is 5.91 Å². The number of rotatable bonds is 5. The van der Waals surface area contributed by atoms with Gasteiger partial charge < -0.3 is 11.5 Å². The molecule has 1 aromatic rings. The first-order valence-corrected chi connectivity index (χ1v) is 4.84. The van der Waals surface area contributed by atoms with Crippen molar-refractivity contribution in [3.63, 3.8) is 0 Å². The molecule has 0 fully saturated rings. The summed E-state index contributed by atoms with van der Waals surface area (Å²) in [5.41, 5.74) is 12.3. The Bertz CT molecular complexity index is 411. The smallest absolute Gasteiger partial charge is 0.231 e. The maximum absolute atomic E-state index is 10.8. The largest absolute Gasteiger partial charge is 0.399 e. The first-order chi connectivity index (χ1) is 7.61. The Balaban J connectivity index is 2.68. The summed E-state index contributed by atoms with van der Waals surface area (Å²) in [6, 6.07) is 9.31. The standard InChI is InChI=1S/C11H14N4O/c12-4-5-15(8-11(14)16)7-9-2-1-3-10(13)6-9/h1-3,6H,5,7-8,13H2,(H2,14,16). The molecule has 0 aromatic heterocycles. The van der Waals surface area contributed by atoms with E-state index in [4.69, 9.17) is 16.7 Å². The molecule has 0 atom stereocenters. The van der Waals surface area contributed by atoms with Crippen LogP contribution in [0, 0.1) is 11.3 Å². The highest BCUT2D eigenvalue weighted by molar-refractivity contribution is 5.75. The summed E-state index contributed by atoms with van der Waals surface area (Å²) in [7, 11) is 0. The number of amides is 1. The van der Waals surface area contributed by atoms with E-state index in [1.54, 1.807) is 11.0 Å². The molecule has 0 aliphatic carbocycles. The number of hydrogen-bond acceptors (Lipinski definition) is 4. The molecule has 4 N–H and O–H groups in total. The normalized spacial score (nSPS) is 10.0. The molecule has 5 heteroatoms. The van der Waals surface area contributed by atoms with Gasteiger partial charge in [0.1, 0.15) is 0 Å². The van der Waals surface area contributed by atoms with E-state index in [0.29, 0.717) is 12.2 Å². The maximum atomic E-state index is 10.8. The van der Waals surface area contributed by atoms with Crippen molar-refractivity contribution >= 4 is 11.6 Å². The minimum Gasteiger partial charge on any atom is -0.399 e. The third kappa shape index (κ3) is 3.98. The molecule has 0 spiro atoms. The summed E-state index contributed by atoms with van der Waals surface area (Å²) in [6.45, 7) is 0.724. The lowest BCUT2D eigenvalue weighted by Gasteiger charge is -2.17. The second-order valence-electron chi connectivity index (χ2n) is 3.51. The molecule has 0 unspecified atom stereocenters. The van der Waals surface area contributed by atoms with Crippen molar-refractivity contribution in [3.05, 3.63) is 29.8 Å². The highest BCUT2D eigenvalue weighted by Crippen LogP contribution is 2.09. The highest BCUT2D eigenvalue weighted by Gasteiger charge is 2.08. The van der Waals surface area contributed by atoms with E-state index in [9.17, 15) is 4.79 Å². The molecule has 0 bridgehead atoms. The first-order valence-electron chi connectivity index (χ1n) is 4.84. The van der Waals surface area contributed by atoms with Crippen LogP contribution in [0.3, 0.4) is 0 Å². The monoisotopic (exact) mass is 218 g/mol. The summed E-state index contributed by atoms with van der Waals surface area (Å²) in [6.07, 6.45) is 0. The predicted molar refractivity (Wildman–Crippen MR) is 60.9 cm³/mol. The van der Waals surface area contributed by atoms with Gasteiger partial charge in [0.25, 0.3) is 0 Å². The van der Waals surface area contributed by atoms with Gasteiger partial charge in [-0.05, 0) is 17.7 Å². The average Bonchev–Trinajstić information content (AvgIpc) is 2.16. The lowest BCUT2D eigenvalue weighted by atomic mass is 10.2. The van der Waals surface area contributed by atoms with Gasteiger partial charge in [0.05, 0.1) is 19.2 Å². The lowest BCUT2D eigenvalue weighted by molar-refractivity contribution is -0.119. The predicted octanol–water partition coefficient (Wildman–Crippen LogP) is 0.0797. The van der Waals surface area contributed by atoms with Crippen LogP contribution < -0.4 is 11.5 Å². The van der Waals surface area contributed by atoms with Crippen LogP contribution in [0.15, 0.2) is 24.3 Å². The van der Waals surface area contributed by atoms with Crippen LogP contribution in [0.25, 0.3) is 0 Å². The molecule has 84 valence electrons. The maximum Gasteiger partial charge on any atom is 0.231 e. The van der Waals surface area contributed by atoms with Gasteiger partial charge in [-0.3, -0.25) is 9.69 Å². The Morgan fingerprint density at radius 3 is 2.81 bits per heavy atom. The number of anilines is 1. The molecule has 1 aromatic carbocycles. The minimum atomic E-state index is -0.445. The van der Waals surface area contributed by atoms with Crippen molar-refractivity contribution in [2.45, 2.75) is 6.54 Å². The molecule has 0 heterocycles. The molecule has 1 rings (SSSR count). The number of benzene rings is 1. The van der Waals surface area contributed by atoms with Crippen molar-refractivity contribution in [3.8, 4) is 6.07 Å². The van der Waals surface area contributed by atoms with Crippen molar-refractivity contribution in [1.82, 2.24) is 4.90 Å². The van der Waals surface area contributed by atoms with Gasteiger partial charge in [-0.25, -0.2) is 0 Å².